The number of morpholine rings is 1. The van der Waals surface area contributed by atoms with Gasteiger partial charge in [0.1, 0.15) is 5.75 Å². The summed E-state index contributed by atoms with van der Waals surface area (Å²) in [6.07, 6.45) is 1.46. The number of benzene rings is 1. The van der Waals surface area contributed by atoms with Crippen LogP contribution in [0.3, 0.4) is 0 Å². The van der Waals surface area contributed by atoms with Crippen molar-refractivity contribution in [2.24, 2.45) is 0 Å². The lowest BCUT2D eigenvalue weighted by molar-refractivity contribution is -0.130. The van der Waals surface area contributed by atoms with E-state index in [-0.39, 0.29) is 18.1 Å². The van der Waals surface area contributed by atoms with Gasteiger partial charge in [-0.15, -0.1) is 0 Å². The minimum atomic E-state index is -0.378. The fourth-order valence-corrected chi connectivity index (χ4v) is 3.69. The van der Waals surface area contributed by atoms with Gasteiger partial charge in [0, 0.05) is 32.2 Å². The molecule has 1 aromatic carbocycles. The molecule has 2 aliphatic heterocycles. The summed E-state index contributed by atoms with van der Waals surface area (Å²) in [6.45, 7) is 4.50. The number of nitrogens with zero attached hydrogens (tertiary/aromatic N) is 2. The summed E-state index contributed by atoms with van der Waals surface area (Å²) in [5.41, 5.74) is 0.986. The molecule has 2 heterocycles. The zero-order valence-electron chi connectivity index (χ0n) is 14.9. The van der Waals surface area contributed by atoms with Crippen molar-refractivity contribution >= 4 is 5.91 Å². The van der Waals surface area contributed by atoms with Gasteiger partial charge in [-0.25, -0.2) is 0 Å². The number of carbonyl (C=O) groups is 1. The zero-order valence-corrected chi connectivity index (χ0v) is 14.9. The van der Waals surface area contributed by atoms with Crippen LogP contribution in [0.4, 0.5) is 0 Å². The van der Waals surface area contributed by atoms with Crippen LogP contribution in [0.2, 0.25) is 0 Å². The molecule has 0 bridgehead atoms. The Kier molecular flexibility index (Phi) is 6.29. The maximum atomic E-state index is 12.6. The Hall–Kier alpha value is -1.63. The van der Waals surface area contributed by atoms with Crippen LogP contribution in [-0.2, 0) is 16.0 Å². The molecule has 0 unspecified atom stereocenters. The zero-order chi connectivity index (χ0) is 17.6. The molecule has 1 N–H and O–H groups in total. The van der Waals surface area contributed by atoms with Gasteiger partial charge in [-0.2, -0.15) is 0 Å². The molecule has 0 aromatic heterocycles. The van der Waals surface area contributed by atoms with Crippen molar-refractivity contribution in [3.8, 4) is 5.75 Å². The third-order valence-corrected chi connectivity index (χ3v) is 5.22. The predicted octanol–water partition coefficient (Wildman–Crippen LogP) is 0.922. The molecule has 0 spiro atoms. The number of carbonyl (C=O) groups excluding carboxylic acids is 1. The molecule has 2 fully saturated rings. The molecule has 1 amide bonds. The second-order valence-corrected chi connectivity index (χ2v) is 6.77. The van der Waals surface area contributed by atoms with Crippen LogP contribution >= 0.6 is 0 Å². The van der Waals surface area contributed by atoms with E-state index in [1.165, 1.54) is 0 Å². The van der Waals surface area contributed by atoms with Gasteiger partial charge in [0.15, 0.2) is 0 Å². The lowest BCUT2D eigenvalue weighted by Crippen LogP contribution is -2.49. The van der Waals surface area contributed by atoms with E-state index >= 15 is 0 Å². The number of ether oxygens (including phenoxy) is 2. The van der Waals surface area contributed by atoms with E-state index in [1.807, 2.05) is 29.2 Å². The normalized spacial score (nSPS) is 25.4. The van der Waals surface area contributed by atoms with Crippen molar-refractivity contribution in [1.82, 2.24) is 9.80 Å². The summed E-state index contributed by atoms with van der Waals surface area (Å²) in [7, 11) is 1.63. The number of amides is 1. The maximum absolute atomic E-state index is 12.6. The first-order chi connectivity index (χ1) is 12.2. The molecular formula is C19H28N2O4. The first-order valence-corrected chi connectivity index (χ1v) is 9.08. The molecule has 0 radical (unpaired) electrons. The van der Waals surface area contributed by atoms with Crippen molar-refractivity contribution in [3.05, 3.63) is 29.8 Å². The van der Waals surface area contributed by atoms with Crippen LogP contribution in [0.15, 0.2) is 24.3 Å². The third-order valence-electron chi connectivity index (χ3n) is 5.22. The number of aliphatic hydroxyl groups is 1. The van der Waals surface area contributed by atoms with E-state index in [0.717, 1.165) is 44.0 Å². The molecule has 0 saturated carbocycles. The van der Waals surface area contributed by atoms with Gasteiger partial charge in [0.05, 0.1) is 32.8 Å². The third kappa shape index (κ3) is 4.71. The molecule has 0 aliphatic carbocycles. The van der Waals surface area contributed by atoms with E-state index < -0.39 is 0 Å². The maximum Gasteiger partial charge on any atom is 0.226 e. The van der Waals surface area contributed by atoms with Gasteiger partial charge in [0.25, 0.3) is 0 Å². The second kappa shape index (κ2) is 8.65. The highest BCUT2D eigenvalue weighted by Gasteiger charge is 2.31. The molecule has 6 heteroatoms. The minimum absolute atomic E-state index is 0.125. The average molecular weight is 348 g/mol. The van der Waals surface area contributed by atoms with Gasteiger partial charge in [-0.3, -0.25) is 9.69 Å². The van der Waals surface area contributed by atoms with Crippen molar-refractivity contribution in [3.63, 3.8) is 0 Å². The molecule has 3 rings (SSSR count). The summed E-state index contributed by atoms with van der Waals surface area (Å²) < 4.78 is 10.6. The molecule has 25 heavy (non-hydrogen) atoms. The number of hydrogen-bond acceptors (Lipinski definition) is 5. The minimum Gasteiger partial charge on any atom is -0.497 e. The van der Waals surface area contributed by atoms with Crippen molar-refractivity contribution in [2.75, 3.05) is 46.5 Å². The highest BCUT2D eigenvalue weighted by Crippen LogP contribution is 2.20. The molecule has 6 nitrogen and oxygen atoms in total. The Morgan fingerprint density at radius 1 is 1.16 bits per heavy atom. The van der Waals surface area contributed by atoms with E-state index in [2.05, 4.69) is 4.90 Å². The van der Waals surface area contributed by atoms with E-state index in [9.17, 15) is 9.90 Å². The van der Waals surface area contributed by atoms with Gasteiger partial charge >= 0.3 is 0 Å². The Labute approximate surface area is 149 Å². The summed E-state index contributed by atoms with van der Waals surface area (Å²) in [5, 5.41) is 10.5. The summed E-state index contributed by atoms with van der Waals surface area (Å²) >= 11 is 0. The Morgan fingerprint density at radius 3 is 2.52 bits per heavy atom. The number of methoxy groups -OCH3 is 1. The number of rotatable bonds is 4. The predicted molar refractivity (Wildman–Crippen MR) is 94.7 cm³/mol. The number of aliphatic hydroxyl groups excluding tert-OH is 1. The largest absolute Gasteiger partial charge is 0.497 e. The summed E-state index contributed by atoms with van der Waals surface area (Å²) in [5.74, 6) is 0.919. The van der Waals surface area contributed by atoms with Crippen molar-refractivity contribution < 1.29 is 19.4 Å². The lowest BCUT2D eigenvalue weighted by atomic mass is 10.0. The first kappa shape index (κ1) is 18.2. The van der Waals surface area contributed by atoms with Gasteiger partial charge < -0.3 is 19.5 Å². The van der Waals surface area contributed by atoms with Gasteiger partial charge in [-0.1, -0.05) is 12.1 Å². The molecular weight excluding hydrogens is 320 g/mol. The Morgan fingerprint density at radius 2 is 1.84 bits per heavy atom. The fraction of sp³-hybridized carbons (Fsp3) is 0.632. The molecule has 2 saturated heterocycles. The smallest absolute Gasteiger partial charge is 0.226 e. The van der Waals surface area contributed by atoms with Crippen molar-refractivity contribution in [2.45, 2.75) is 31.4 Å². The quantitative estimate of drug-likeness (QED) is 0.877. The van der Waals surface area contributed by atoms with Crippen LogP contribution in [0.1, 0.15) is 18.4 Å². The fourth-order valence-electron chi connectivity index (χ4n) is 3.69. The van der Waals surface area contributed by atoms with Crippen LogP contribution in [-0.4, -0.2) is 79.5 Å². The second-order valence-electron chi connectivity index (χ2n) is 6.77. The molecule has 2 aliphatic rings. The Bertz CT molecular complexity index is 557. The van der Waals surface area contributed by atoms with Crippen LogP contribution < -0.4 is 4.74 Å². The first-order valence-electron chi connectivity index (χ1n) is 9.08. The highest BCUT2D eigenvalue weighted by atomic mass is 16.5. The summed E-state index contributed by atoms with van der Waals surface area (Å²) in [4.78, 5) is 16.9. The molecule has 1 aromatic rings. The van der Waals surface area contributed by atoms with Crippen molar-refractivity contribution in [1.29, 1.82) is 0 Å². The molecule has 2 atom stereocenters. The number of likely N-dealkylation sites (tertiary alicyclic amines) is 1. The standard InChI is InChI=1S/C19H28N2O4/c1-24-16-4-2-15(3-5-16)14-19(23)21-8-6-17(18(22)7-9-21)20-10-12-25-13-11-20/h2-5,17-18,22H,6-14H2,1H3/t17-,18-/m0/s1. The van der Waals surface area contributed by atoms with Crippen LogP contribution in [0.25, 0.3) is 0 Å². The number of hydrogen-bond donors (Lipinski definition) is 1. The van der Waals surface area contributed by atoms with Crippen LogP contribution in [0.5, 0.6) is 5.75 Å². The Balaban J connectivity index is 1.56. The topological polar surface area (TPSA) is 62.2 Å². The van der Waals surface area contributed by atoms with E-state index in [4.69, 9.17) is 9.47 Å². The SMILES string of the molecule is COc1ccc(CC(=O)N2CC[C@H](O)[C@@H](N3CCOCC3)CC2)cc1. The van der Waals surface area contributed by atoms with Gasteiger partial charge in [-0.05, 0) is 30.5 Å². The molecule has 138 valence electrons. The summed E-state index contributed by atoms with van der Waals surface area (Å²) in [6, 6.07) is 7.74. The monoisotopic (exact) mass is 348 g/mol. The lowest BCUT2D eigenvalue weighted by Gasteiger charge is -2.36. The highest BCUT2D eigenvalue weighted by molar-refractivity contribution is 5.78. The van der Waals surface area contributed by atoms with Gasteiger partial charge in [0.2, 0.25) is 5.91 Å². The van der Waals surface area contributed by atoms with E-state index in [1.54, 1.807) is 7.11 Å². The van der Waals surface area contributed by atoms with E-state index in [0.29, 0.717) is 25.9 Å². The average Bonchev–Trinajstić information content (AvgIpc) is 2.85. The van der Waals surface area contributed by atoms with Crippen LogP contribution in [0, 0.1) is 0 Å².